The topological polar surface area (TPSA) is 44.0 Å². The van der Waals surface area contributed by atoms with E-state index in [-0.39, 0.29) is 17.2 Å². The lowest BCUT2D eigenvalue weighted by molar-refractivity contribution is 0.639. The average molecular weight is 342 g/mol. The molecule has 5 heteroatoms. The van der Waals surface area contributed by atoms with Crippen LogP contribution >= 0.6 is 11.8 Å². The second-order valence-corrected chi connectivity index (χ2v) is 7.42. The van der Waals surface area contributed by atoms with Gasteiger partial charge in [-0.1, -0.05) is 49.9 Å². The molecule has 0 saturated heterocycles. The molecule has 0 N–H and O–H groups in total. The molecular weight excluding hydrogens is 320 g/mol. The van der Waals surface area contributed by atoms with Gasteiger partial charge in [-0.15, -0.1) is 0 Å². The zero-order valence-electron chi connectivity index (χ0n) is 14.3. The highest BCUT2D eigenvalue weighted by molar-refractivity contribution is 7.99. The average Bonchev–Trinajstić information content (AvgIpc) is 3.08. The van der Waals surface area contributed by atoms with Gasteiger partial charge in [-0.05, 0) is 37.3 Å². The van der Waals surface area contributed by atoms with Crippen molar-refractivity contribution in [3.05, 3.63) is 62.8 Å². The van der Waals surface area contributed by atoms with Gasteiger partial charge in [0.05, 0.1) is 10.6 Å². The molecule has 0 aliphatic heterocycles. The van der Waals surface area contributed by atoms with E-state index in [0.29, 0.717) is 5.56 Å². The molecule has 0 saturated carbocycles. The molecule has 126 valence electrons. The van der Waals surface area contributed by atoms with Gasteiger partial charge in [0.15, 0.2) is 0 Å². The highest BCUT2D eigenvalue weighted by atomic mass is 32.2. The quantitative estimate of drug-likeness (QED) is 0.793. The molecule has 0 amide bonds. The first-order valence-corrected chi connectivity index (χ1v) is 9.10. The molecule has 2 aromatic rings. The molecule has 4 nitrogen and oxygen atoms in total. The van der Waals surface area contributed by atoms with Crippen LogP contribution < -0.4 is 11.2 Å². The van der Waals surface area contributed by atoms with Crippen LogP contribution in [0.1, 0.15) is 44.6 Å². The maximum absolute atomic E-state index is 12.8. The normalized spacial score (nSPS) is 14.2. The smallest absolute Gasteiger partial charge is 0.269 e. The molecule has 0 bridgehead atoms. The Morgan fingerprint density at radius 2 is 1.83 bits per heavy atom. The standard InChI is InChI=1S/C19H22N2O2S/c1-13(2)16-17(22)20(3)19(23)21(14-9-7-8-10-14)18(16)24-15-11-5-4-6-12-15/h4-6,9,11-13H,7-8,10H2,1-3H3. The van der Waals surface area contributed by atoms with Crippen LogP contribution in [0.25, 0.3) is 5.70 Å². The van der Waals surface area contributed by atoms with Crippen molar-refractivity contribution >= 4 is 17.5 Å². The van der Waals surface area contributed by atoms with Gasteiger partial charge in [-0.25, -0.2) is 4.79 Å². The van der Waals surface area contributed by atoms with Gasteiger partial charge in [-0.3, -0.25) is 13.9 Å². The van der Waals surface area contributed by atoms with Crippen molar-refractivity contribution in [1.82, 2.24) is 9.13 Å². The number of nitrogens with zero attached hydrogens (tertiary/aromatic N) is 2. The molecule has 24 heavy (non-hydrogen) atoms. The summed E-state index contributed by atoms with van der Waals surface area (Å²) in [5.74, 6) is 0.0452. The zero-order chi connectivity index (χ0) is 17.3. The Balaban J connectivity index is 2.30. The fraction of sp³-hybridized carbons (Fsp3) is 0.368. The molecule has 1 heterocycles. The number of benzene rings is 1. The molecule has 1 aliphatic carbocycles. The largest absolute Gasteiger partial charge is 0.335 e. The third kappa shape index (κ3) is 3.00. The van der Waals surface area contributed by atoms with Gasteiger partial charge in [0.1, 0.15) is 0 Å². The minimum atomic E-state index is -0.254. The first-order chi connectivity index (χ1) is 11.5. The van der Waals surface area contributed by atoms with Gasteiger partial charge in [-0.2, -0.15) is 0 Å². The van der Waals surface area contributed by atoms with E-state index in [4.69, 9.17) is 0 Å². The summed E-state index contributed by atoms with van der Waals surface area (Å²) in [7, 11) is 1.57. The lowest BCUT2D eigenvalue weighted by atomic mass is 10.1. The number of hydrogen-bond acceptors (Lipinski definition) is 3. The van der Waals surface area contributed by atoms with Crippen LogP contribution in [0.5, 0.6) is 0 Å². The van der Waals surface area contributed by atoms with Crippen molar-refractivity contribution in [2.45, 2.75) is 48.9 Å². The monoisotopic (exact) mass is 342 g/mol. The number of allylic oxidation sites excluding steroid dienone is 2. The first-order valence-electron chi connectivity index (χ1n) is 8.29. The summed E-state index contributed by atoms with van der Waals surface area (Å²) in [4.78, 5) is 26.6. The van der Waals surface area contributed by atoms with Crippen LogP contribution in [0.4, 0.5) is 0 Å². The van der Waals surface area contributed by atoms with Crippen molar-refractivity contribution in [2.75, 3.05) is 0 Å². The third-order valence-electron chi connectivity index (χ3n) is 4.29. The summed E-state index contributed by atoms with van der Waals surface area (Å²) >= 11 is 1.50. The molecule has 0 unspecified atom stereocenters. The summed E-state index contributed by atoms with van der Waals surface area (Å²) in [5, 5.41) is 0.762. The number of hydrogen-bond donors (Lipinski definition) is 0. The molecule has 1 aromatic heterocycles. The number of aromatic nitrogens is 2. The third-order valence-corrected chi connectivity index (χ3v) is 5.39. The summed E-state index contributed by atoms with van der Waals surface area (Å²) in [6.07, 6.45) is 5.02. The van der Waals surface area contributed by atoms with Crippen LogP contribution in [-0.4, -0.2) is 9.13 Å². The Morgan fingerprint density at radius 1 is 1.12 bits per heavy atom. The van der Waals surface area contributed by atoms with Crippen molar-refractivity contribution < 1.29 is 0 Å². The Morgan fingerprint density at radius 3 is 2.42 bits per heavy atom. The van der Waals surface area contributed by atoms with Crippen LogP contribution in [0.2, 0.25) is 0 Å². The van der Waals surface area contributed by atoms with Gasteiger partial charge >= 0.3 is 5.69 Å². The molecule has 0 fully saturated rings. The lowest BCUT2D eigenvalue weighted by Crippen LogP contribution is -2.41. The molecule has 0 atom stereocenters. The predicted octanol–water partition coefficient (Wildman–Crippen LogP) is 3.85. The highest BCUT2D eigenvalue weighted by Crippen LogP contribution is 2.34. The molecule has 1 aromatic carbocycles. The predicted molar refractivity (Wildman–Crippen MR) is 98.7 cm³/mol. The van der Waals surface area contributed by atoms with E-state index in [1.165, 1.54) is 16.3 Å². The van der Waals surface area contributed by atoms with Gasteiger partial charge in [0.25, 0.3) is 5.56 Å². The summed E-state index contributed by atoms with van der Waals surface area (Å²) in [6.45, 7) is 4.01. The van der Waals surface area contributed by atoms with Crippen LogP contribution in [-0.2, 0) is 7.05 Å². The van der Waals surface area contributed by atoms with Crippen LogP contribution in [0.15, 0.2) is 55.9 Å². The van der Waals surface area contributed by atoms with Crippen molar-refractivity contribution in [2.24, 2.45) is 7.05 Å². The van der Waals surface area contributed by atoms with Gasteiger partial charge < -0.3 is 0 Å². The highest BCUT2D eigenvalue weighted by Gasteiger charge is 2.23. The summed E-state index contributed by atoms with van der Waals surface area (Å²) in [5.41, 5.74) is 1.27. The maximum atomic E-state index is 12.8. The Bertz CT molecular complexity index is 892. The van der Waals surface area contributed by atoms with E-state index in [9.17, 15) is 9.59 Å². The molecule has 3 rings (SSSR count). The number of rotatable bonds is 4. The summed E-state index contributed by atoms with van der Waals surface area (Å²) < 4.78 is 2.99. The van der Waals surface area contributed by atoms with Crippen LogP contribution in [0, 0.1) is 0 Å². The minimum absolute atomic E-state index is 0.0452. The summed E-state index contributed by atoms with van der Waals surface area (Å²) in [6, 6.07) is 9.91. The van der Waals surface area contributed by atoms with E-state index in [2.05, 4.69) is 6.08 Å². The molecular formula is C19H22N2O2S. The van der Waals surface area contributed by atoms with Crippen molar-refractivity contribution in [3.63, 3.8) is 0 Å². The Labute approximate surface area is 145 Å². The fourth-order valence-corrected chi connectivity index (χ4v) is 4.26. The first kappa shape index (κ1) is 16.8. The minimum Gasteiger partial charge on any atom is -0.269 e. The van der Waals surface area contributed by atoms with Gasteiger partial charge in [0.2, 0.25) is 0 Å². The van der Waals surface area contributed by atoms with E-state index >= 15 is 0 Å². The molecule has 0 radical (unpaired) electrons. The second-order valence-electron chi connectivity index (χ2n) is 6.36. The van der Waals surface area contributed by atoms with E-state index in [1.54, 1.807) is 11.6 Å². The van der Waals surface area contributed by atoms with Gasteiger partial charge in [0, 0.05) is 17.6 Å². The van der Waals surface area contributed by atoms with E-state index in [0.717, 1.165) is 34.9 Å². The lowest BCUT2D eigenvalue weighted by Gasteiger charge is -2.20. The van der Waals surface area contributed by atoms with Crippen molar-refractivity contribution in [3.8, 4) is 0 Å². The van der Waals surface area contributed by atoms with Crippen LogP contribution in [0.3, 0.4) is 0 Å². The van der Waals surface area contributed by atoms with Crippen molar-refractivity contribution in [1.29, 1.82) is 0 Å². The van der Waals surface area contributed by atoms with E-state index in [1.807, 2.05) is 44.2 Å². The maximum Gasteiger partial charge on any atom is 0.335 e. The van der Waals surface area contributed by atoms with E-state index < -0.39 is 0 Å². The molecule has 1 aliphatic rings. The Kier molecular flexibility index (Phi) is 4.81. The zero-order valence-corrected chi connectivity index (χ0v) is 15.1. The fourth-order valence-electron chi connectivity index (χ4n) is 3.02. The molecule has 0 spiro atoms. The SMILES string of the molecule is CC(C)c1c(Sc2ccccc2)n(C2=CCCC2)c(=O)n(C)c1=O. The second kappa shape index (κ2) is 6.85. The Hall–Kier alpha value is -2.01.